The van der Waals surface area contributed by atoms with Crippen molar-refractivity contribution in [1.82, 2.24) is 15.0 Å². The minimum atomic E-state index is -0.413. The molecule has 2 aromatic heterocycles. The molecule has 0 aliphatic carbocycles. The molecule has 3 rings (SSSR count). The van der Waals surface area contributed by atoms with Crippen LogP contribution in [0.5, 0.6) is 0 Å². The molecule has 0 unspecified atom stereocenters. The SMILES string of the molecule is COC(=O)c1ccc(C)cc1Nc1ncc(-c2cccnc2)cn1. The summed E-state index contributed by atoms with van der Waals surface area (Å²) in [7, 11) is 1.35. The smallest absolute Gasteiger partial charge is 0.339 e. The lowest BCUT2D eigenvalue weighted by atomic mass is 10.1. The van der Waals surface area contributed by atoms with Gasteiger partial charge in [0.05, 0.1) is 18.4 Å². The van der Waals surface area contributed by atoms with Gasteiger partial charge in [-0.2, -0.15) is 0 Å². The summed E-state index contributed by atoms with van der Waals surface area (Å²) in [5.41, 5.74) is 3.86. The van der Waals surface area contributed by atoms with E-state index in [1.807, 2.05) is 31.2 Å². The topological polar surface area (TPSA) is 77.0 Å². The van der Waals surface area contributed by atoms with Crippen LogP contribution in [0.3, 0.4) is 0 Å². The van der Waals surface area contributed by atoms with Crippen molar-refractivity contribution in [2.75, 3.05) is 12.4 Å². The van der Waals surface area contributed by atoms with Gasteiger partial charge in [0, 0.05) is 35.9 Å². The van der Waals surface area contributed by atoms with Gasteiger partial charge in [-0.05, 0) is 30.7 Å². The zero-order valence-corrected chi connectivity index (χ0v) is 13.4. The summed E-state index contributed by atoms with van der Waals surface area (Å²) in [6, 6.07) is 9.22. The van der Waals surface area contributed by atoms with E-state index in [4.69, 9.17) is 4.74 Å². The highest BCUT2D eigenvalue weighted by Crippen LogP contribution is 2.22. The maximum Gasteiger partial charge on any atom is 0.339 e. The fourth-order valence-electron chi connectivity index (χ4n) is 2.25. The van der Waals surface area contributed by atoms with Gasteiger partial charge in [0.15, 0.2) is 0 Å². The van der Waals surface area contributed by atoms with Crippen molar-refractivity contribution in [2.24, 2.45) is 0 Å². The Morgan fingerprint density at radius 3 is 2.54 bits per heavy atom. The van der Waals surface area contributed by atoms with Crippen molar-refractivity contribution < 1.29 is 9.53 Å². The van der Waals surface area contributed by atoms with Gasteiger partial charge in [0.1, 0.15) is 0 Å². The Kier molecular flexibility index (Phi) is 4.47. The Morgan fingerprint density at radius 2 is 1.88 bits per heavy atom. The average molecular weight is 320 g/mol. The normalized spacial score (nSPS) is 10.2. The van der Waals surface area contributed by atoms with Crippen LogP contribution in [0, 0.1) is 6.92 Å². The molecule has 0 spiro atoms. The van der Waals surface area contributed by atoms with Gasteiger partial charge in [0.2, 0.25) is 5.95 Å². The molecule has 120 valence electrons. The molecule has 0 bridgehead atoms. The Labute approximate surface area is 139 Å². The average Bonchev–Trinajstić information content (AvgIpc) is 2.63. The third kappa shape index (κ3) is 3.38. The van der Waals surface area contributed by atoms with Crippen LogP contribution in [-0.4, -0.2) is 28.0 Å². The van der Waals surface area contributed by atoms with E-state index in [-0.39, 0.29) is 0 Å². The fourth-order valence-corrected chi connectivity index (χ4v) is 2.25. The van der Waals surface area contributed by atoms with Crippen LogP contribution < -0.4 is 5.32 Å². The highest BCUT2D eigenvalue weighted by atomic mass is 16.5. The molecule has 0 atom stereocenters. The molecule has 0 amide bonds. The monoisotopic (exact) mass is 320 g/mol. The lowest BCUT2D eigenvalue weighted by molar-refractivity contribution is 0.0602. The van der Waals surface area contributed by atoms with Crippen molar-refractivity contribution in [3.05, 3.63) is 66.2 Å². The van der Waals surface area contributed by atoms with Gasteiger partial charge in [-0.1, -0.05) is 12.1 Å². The number of carbonyl (C=O) groups excluding carboxylic acids is 1. The summed E-state index contributed by atoms with van der Waals surface area (Å²) in [5.74, 6) is -0.0112. The van der Waals surface area contributed by atoms with Gasteiger partial charge >= 0.3 is 5.97 Å². The first-order valence-electron chi connectivity index (χ1n) is 7.36. The maximum absolute atomic E-state index is 11.9. The first-order chi connectivity index (χ1) is 11.7. The number of hydrogen-bond acceptors (Lipinski definition) is 6. The summed E-state index contributed by atoms with van der Waals surface area (Å²) >= 11 is 0. The lowest BCUT2D eigenvalue weighted by Gasteiger charge is -2.11. The second-order valence-corrected chi connectivity index (χ2v) is 5.20. The van der Waals surface area contributed by atoms with Gasteiger partial charge in [0.25, 0.3) is 0 Å². The van der Waals surface area contributed by atoms with Crippen LogP contribution in [0.1, 0.15) is 15.9 Å². The van der Waals surface area contributed by atoms with Crippen LogP contribution in [0.4, 0.5) is 11.6 Å². The van der Waals surface area contributed by atoms with Crippen molar-refractivity contribution in [3.8, 4) is 11.1 Å². The molecule has 0 radical (unpaired) electrons. The third-order valence-corrected chi connectivity index (χ3v) is 3.47. The minimum Gasteiger partial charge on any atom is -0.465 e. The number of aryl methyl sites for hydroxylation is 1. The standard InChI is InChI=1S/C18H16N4O2/c1-12-5-6-15(17(23)24-2)16(8-12)22-18-20-10-14(11-21-18)13-4-3-7-19-9-13/h3-11H,1-2H3,(H,20,21,22). The van der Waals surface area contributed by atoms with Crippen LogP contribution in [0.25, 0.3) is 11.1 Å². The van der Waals surface area contributed by atoms with E-state index in [2.05, 4.69) is 20.3 Å². The summed E-state index contributed by atoms with van der Waals surface area (Å²) in [4.78, 5) is 24.6. The quantitative estimate of drug-likeness (QED) is 0.743. The van der Waals surface area contributed by atoms with Crippen molar-refractivity contribution >= 4 is 17.6 Å². The predicted octanol–water partition coefficient (Wildman–Crippen LogP) is 3.38. The second-order valence-electron chi connectivity index (χ2n) is 5.20. The minimum absolute atomic E-state index is 0.401. The third-order valence-electron chi connectivity index (χ3n) is 3.47. The van der Waals surface area contributed by atoms with Crippen LogP contribution >= 0.6 is 0 Å². The number of esters is 1. The molecule has 2 heterocycles. The van der Waals surface area contributed by atoms with Gasteiger partial charge in [-0.15, -0.1) is 0 Å². The predicted molar refractivity (Wildman–Crippen MR) is 91.1 cm³/mol. The summed E-state index contributed by atoms with van der Waals surface area (Å²) in [6.07, 6.45) is 6.88. The van der Waals surface area contributed by atoms with Crippen LogP contribution in [-0.2, 0) is 4.74 Å². The van der Waals surface area contributed by atoms with Crippen molar-refractivity contribution in [3.63, 3.8) is 0 Å². The molecule has 1 aromatic carbocycles. The zero-order chi connectivity index (χ0) is 16.9. The molecule has 0 aliphatic heterocycles. The number of carbonyl (C=O) groups is 1. The lowest BCUT2D eigenvalue weighted by Crippen LogP contribution is -2.07. The Bertz CT molecular complexity index is 849. The Hall–Kier alpha value is -3.28. The number of hydrogen-bond donors (Lipinski definition) is 1. The number of benzene rings is 1. The number of nitrogens with one attached hydrogen (secondary N) is 1. The summed E-state index contributed by atoms with van der Waals surface area (Å²) in [5, 5.41) is 3.07. The number of ether oxygens (including phenoxy) is 1. The van der Waals surface area contributed by atoms with E-state index in [1.165, 1.54) is 7.11 Å². The van der Waals surface area contributed by atoms with Gasteiger partial charge in [-0.25, -0.2) is 14.8 Å². The molecular formula is C18H16N4O2. The van der Waals surface area contributed by atoms with E-state index in [1.54, 1.807) is 30.9 Å². The first kappa shape index (κ1) is 15.6. The molecule has 0 aliphatic rings. The maximum atomic E-state index is 11.9. The molecule has 0 fully saturated rings. The first-order valence-corrected chi connectivity index (χ1v) is 7.36. The van der Waals surface area contributed by atoms with Crippen molar-refractivity contribution in [1.29, 1.82) is 0 Å². The molecule has 1 N–H and O–H groups in total. The molecule has 0 saturated carbocycles. The number of methoxy groups -OCH3 is 1. The molecule has 24 heavy (non-hydrogen) atoms. The Morgan fingerprint density at radius 1 is 1.08 bits per heavy atom. The molecule has 6 heteroatoms. The highest BCUT2D eigenvalue weighted by molar-refractivity contribution is 5.96. The van der Waals surface area contributed by atoms with E-state index in [0.29, 0.717) is 17.2 Å². The zero-order valence-electron chi connectivity index (χ0n) is 13.4. The van der Waals surface area contributed by atoms with E-state index < -0.39 is 5.97 Å². The number of aromatic nitrogens is 3. The molecule has 6 nitrogen and oxygen atoms in total. The van der Waals surface area contributed by atoms with Crippen molar-refractivity contribution in [2.45, 2.75) is 6.92 Å². The van der Waals surface area contributed by atoms with E-state index >= 15 is 0 Å². The molecular weight excluding hydrogens is 304 g/mol. The fraction of sp³-hybridized carbons (Fsp3) is 0.111. The number of nitrogens with zero attached hydrogens (tertiary/aromatic N) is 3. The van der Waals surface area contributed by atoms with Gasteiger partial charge in [-0.3, -0.25) is 4.98 Å². The highest BCUT2D eigenvalue weighted by Gasteiger charge is 2.13. The van der Waals surface area contributed by atoms with Gasteiger partial charge < -0.3 is 10.1 Å². The van der Waals surface area contributed by atoms with E-state index in [9.17, 15) is 4.79 Å². The summed E-state index contributed by atoms with van der Waals surface area (Å²) in [6.45, 7) is 1.94. The van der Waals surface area contributed by atoms with E-state index in [0.717, 1.165) is 16.7 Å². The largest absolute Gasteiger partial charge is 0.465 e. The van der Waals surface area contributed by atoms with Crippen LogP contribution in [0.15, 0.2) is 55.1 Å². The number of rotatable bonds is 4. The second kappa shape index (κ2) is 6.87. The van der Waals surface area contributed by atoms with Crippen LogP contribution in [0.2, 0.25) is 0 Å². The number of pyridine rings is 1. The molecule has 3 aromatic rings. The summed E-state index contributed by atoms with van der Waals surface area (Å²) < 4.78 is 4.80. The number of anilines is 2. The Balaban J connectivity index is 1.87. The molecule has 0 saturated heterocycles.